The first-order chi connectivity index (χ1) is 18.6. The zero-order chi connectivity index (χ0) is 26.7. The lowest BCUT2D eigenvalue weighted by molar-refractivity contribution is 0.0952. The SMILES string of the molecule is CCOc1ccc(-c2cccc(F)c2)cc1SNc1cccc(NCCNC(=O)c2ccccc2OC)c1. The third-order valence-corrected chi connectivity index (χ3v) is 6.51. The molecule has 0 radical (unpaired) electrons. The summed E-state index contributed by atoms with van der Waals surface area (Å²) in [5, 5.41) is 6.24. The highest BCUT2D eigenvalue weighted by Gasteiger charge is 2.11. The average molecular weight is 532 g/mol. The van der Waals surface area contributed by atoms with Crippen LogP contribution in [0.5, 0.6) is 11.5 Å². The van der Waals surface area contributed by atoms with Crippen LogP contribution in [0.15, 0.2) is 95.9 Å². The average Bonchev–Trinajstić information content (AvgIpc) is 2.95. The predicted molar refractivity (Wildman–Crippen MR) is 153 cm³/mol. The summed E-state index contributed by atoms with van der Waals surface area (Å²) in [4.78, 5) is 13.3. The van der Waals surface area contributed by atoms with Gasteiger partial charge in [-0.1, -0.05) is 36.4 Å². The summed E-state index contributed by atoms with van der Waals surface area (Å²) in [7, 11) is 1.55. The normalized spacial score (nSPS) is 10.5. The minimum atomic E-state index is -0.271. The van der Waals surface area contributed by atoms with Gasteiger partial charge >= 0.3 is 0 Å². The van der Waals surface area contributed by atoms with Crippen LogP contribution in [0, 0.1) is 5.82 Å². The van der Waals surface area contributed by atoms with E-state index in [1.807, 2.05) is 61.5 Å². The molecule has 196 valence electrons. The molecule has 0 bridgehead atoms. The second-order valence-corrected chi connectivity index (χ2v) is 9.12. The minimum Gasteiger partial charge on any atom is -0.496 e. The van der Waals surface area contributed by atoms with Crippen molar-refractivity contribution in [3.8, 4) is 22.6 Å². The van der Waals surface area contributed by atoms with Crippen molar-refractivity contribution in [3.05, 3.63) is 102 Å². The second-order valence-electron chi connectivity index (χ2n) is 8.27. The van der Waals surface area contributed by atoms with Gasteiger partial charge in [0.1, 0.15) is 17.3 Å². The summed E-state index contributed by atoms with van der Waals surface area (Å²) < 4.78 is 28.2. The van der Waals surface area contributed by atoms with Crippen LogP contribution in [0.3, 0.4) is 0 Å². The fourth-order valence-corrected chi connectivity index (χ4v) is 4.60. The van der Waals surface area contributed by atoms with E-state index in [0.717, 1.165) is 33.1 Å². The molecule has 6 nitrogen and oxygen atoms in total. The lowest BCUT2D eigenvalue weighted by Crippen LogP contribution is -2.29. The van der Waals surface area contributed by atoms with E-state index in [1.54, 1.807) is 31.4 Å². The van der Waals surface area contributed by atoms with E-state index >= 15 is 0 Å². The van der Waals surface area contributed by atoms with Crippen LogP contribution in [-0.2, 0) is 0 Å². The molecule has 0 heterocycles. The molecule has 3 N–H and O–H groups in total. The fourth-order valence-electron chi connectivity index (χ4n) is 3.83. The summed E-state index contributed by atoms with van der Waals surface area (Å²) >= 11 is 1.43. The number of hydrogen-bond donors (Lipinski definition) is 3. The van der Waals surface area contributed by atoms with Crippen molar-refractivity contribution < 1.29 is 18.7 Å². The van der Waals surface area contributed by atoms with Gasteiger partial charge in [0.15, 0.2) is 0 Å². The molecule has 4 aromatic carbocycles. The van der Waals surface area contributed by atoms with Gasteiger partial charge in [-0.15, -0.1) is 0 Å². The van der Waals surface area contributed by atoms with Crippen LogP contribution in [0.1, 0.15) is 17.3 Å². The van der Waals surface area contributed by atoms with E-state index in [0.29, 0.717) is 31.0 Å². The molecule has 0 unspecified atom stereocenters. The molecule has 0 saturated heterocycles. The molecule has 8 heteroatoms. The van der Waals surface area contributed by atoms with Crippen LogP contribution < -0.4 is 24.8 Å². The zero-order valence-electron chi connectivity index (χ0n) is 21.3. The van der Waals surface area contributed by atoms with Gasteiger partial charge in [0, 0.05) is 24.5 Å². The van der Waals surface area contributed by atoms with E-state index in [4.69, 9.17) is 9.47 Å². The monoisotopic (exact) mass is 531 g/mol. The fraction of sp³-hybridized carbons (Fsp3) is 0.167. The number of halogens is 1. The number of methoxy groups -OCH3 is 1. The predicted octanol–water partition coefficient (Wildman–Crippen LogP) is 6.86. The first-order valence-electron chi connectivity index (χ1n) is 12.3. The quantitative estimate of drug-likeness (QED) is 0.137. The molecule has 0 aliphatic rings. The van der Waals surface area contributed by atoms with Gasteiger partial charge < -0.3 is 24.8 Å². The van der Waals surface area contributed by atoms with E-state index in [9.17, 15) is 9.18 Å². The van der Waals surface area contributed by atoms with Crippen LogP contribution >= 0.6 is 11.9 Å². The molecule has 0 aromatic heterocycles. The number of amides is 1. The number of para-hydroxylation sites is 1. The summed E-state index contributed by atoms with van der Waals surface area (Å²) in [6.45, 7) is 3.49. The maximum Gasteiger partial charge on any atom is 0.255 e. The number of carbonyl (C=O) groups excluding carboxylic acids is 1. The highest BCUT2D eigenvalue weighted by molar-refractivity contribution is 8.00. The zero-order valence-corrected chi connectivity index (χ0v) is 22.1. The van der Waals surface area contributed by atoms with Gasteiger partial charge in [-0.05, 0) is 84.6 Å². The number of benzene rings is 4. The number of hydrogen-bond acceptors (Lipinski definition) is 6. The molecule has 4 rings (SSSR count). The third kappa shape index (κ3) is 7.20. The highest BCUT2D eigenvalue weighted by Crippen LogP contribution is 2.35. The van der Waals surface area contributed by atoms with Crippen LogP contribution in [0.4, 0.5) is 15.8 Å². The Morgan fingerprint density at radius 3 is 2.45 bits per heavy atom. The van der Waals surface area contributed by atoms with Gasteiger partial charge in [0.05, 0.1) is 24.2 Å². The smallest absolute Gasteiger partial charge is 0.255 e. The molecular weight excluding hydrogens is 501 g/mol. The highest BCUT2D eigenvalue weighted by atomic mass is 32.2. The number of nitrogens with one attached hydrogen (secondary N) is 3. The minimum absolute atomic E-state index is 0.179. The van der Waals surface area contributed by atoms with Crippen LogP contribution in [0.25, 0.3) is 11.1 Å². The van der Waals surface area contributed by atoms with Crippen molar-refractivity contribution in [2.24, 2.45) is 0 Å². The first-order valence-corrected chi connectivity index (χ1v) is 13.1. The molecule has 0 aliphatic carbocycles. The van der Waals surface area contributed by atoms with E-state index in [-0.39, 0.29) is 11.7 Å². The molecular formula is C30H30FN3O3S. The Bertz CT molecular complexity index is 1380. The second kappa shape index (κ2) is 13.4. The Labute approximate surface area is 226 Å². The van der Waals surface area contributed by atoms with Gasteiger partial charge in [-0.3, -0.25) is 4.79 Å². The van der Waals surface area contributed by atoms with Gasteiger partial charge in [0.25, 0.3) is 5.91 Å². The number of ether oxygens (including phenoxy) is 2. The van der Waals surface area contributed by atoms with Crippen LogP contribution in [-0.4, -0.2) is 32.7 Å². The van der Waals surface area contributed by atoms with E-state index in [1.165, 1.54) is 24.1 Å². The maximum absolute atomic E-state index is 13.7. The maximum atomic E-state index is 13.7. The number of carbonyl (C=O) groups is 1. The molecule has 0 spiro atoms. The third-order valence-electron chi connectivity index (χ3n) is 5.63. The summed E-state index contributed by atoms with van der Waals surface area (Å²) in [5.74, 6) is 0.849. The Hall–Kier alpha value is -4.17. The summed E-state index contributed by atoms with van der Waals surface area (Å²) in [5.41, 5.74) is 4.03. The van der Waals surface area contributed by atoms with Gasteiger partial charge in [0.2, 0.25) is 0 Å². The topological polar surface area (TPSA) is 71.6 Å². The van der Waals surface area contributed by atoms with Crippen molar-refractivity contribution in [2.45, 2.75) is 11.8 Å². The van der Waals surface area contributed by atoms with E-state index < -0.39 is 0 Å². The Morgan fingerprint density at radius 1 is 0.842 bits per heavy atom. The molecule has 0 aliphatic heterocycles. The Kier molecular flexibility index (Phi) is 9.48. The first kappa shape index (κ1) is 26.9. The van der Waals surface area contributed by atoms with Gasteiger partial charge in [-0.25, -0.2) is 4.39 Å². The van der Waals surface area contributed by atoms with Crippen molar-refractivity contribution in [3.63, 3.8) is 0 Å². The molecule has 0 atom stereocenters. The molecule has 0 saturated carbocycles. The van der Waals surface area contributed by atoms with Crippen molar-refractivity contribution >= 4 is 29.2 Å². The largest absolute Gasteiger partial charge is 0.496 e. The lowest BCUT2D eigenvalue weighted by Gasteiger charge is -2.14. The summed E-state index contributed by atoms with van der Waals surface area (Å²) in [6, 6.07) is 27.4. The number of anilines is 2. The standard InChI is InChI=1S/C30H30FN3O3S/c1-3-37-28-15-14-22(21-8-6-9-23(31)18-21)19-29(28)38-34-25-11-7-10-24(20-25)32-16-17-33-30(35)26-12-4-5-13-27(26)36-2/h4-15,18-20,32,34H,3,16-17H2,1-2H3,(H,33,35). The van der Waals surface area contributed by atoms with Crippen molar-refractivity contribution in [1.29, 1.82) is 0 Å². The number of rotatable bonds is 12. The Morgan fingerprint density at radius 2 is 1.63 bits per heavy atom. The van der Waals surface area contributed by atoms with Crippen LogP contribution in [0.2, 0.25) is 0 Å². The van der Waals surface area contributed by atoms with Gasteiger partial charge in [-0.2, -0.15) is 0 Å². The van der Waals surface area contributed by atoms with Crippen molar-refractivity contribution in [1.82, 2.24) is 5.32 Å². The Balaban J connectivity index is 1.35. The van der Waals surface area contributed by atoms with Crippen molar-refractivity contribution in [2.75, 3.05) is 36.8 Å². The molecule has 0 fully saturated rings. The molecule has 4 aromatic rings. The lowest BCUT2D eigenvalue weighted by atomic mass is 10.1. The molecule has 38 heavy (non-hydrogen) atoms. The van der Waals surface area contributed by atoms with E-state index in [2.05, 4.69) is 15.4 Å². The summed E-state index contributed by atoms with van der Waals surface area (Å²) in [6.07, 6.45) is 0. The molecule has 1 amide bonds.